The summed E-state index contributed by atoms with van der Waals surface area (Å²) in [4.78, 5) is 17.3. The number of rotatable bonds is 8. The molecule has 34 heavy (non-hydrogen) atoms. The number of halogens is 1. The van der Waals surface area contributed by atoms with Gasteiger partial charge in [0.1, 0.15) is 36.0 Å². The highest BCUT2D eigenvalue weighted by Crippen LogP contribution is 2.35. The fourth-order valence-corrected chi connectivity index (χ4v) is 4.13. The number of phenols is 1. The van der Waals surface area contributed by atoms with Gasteiger partial charge in [0.05, 0.1) is 0 Å². The molecule has 1 aliphatic heterocycles. The summed E-state index contributed by atoms with van der Waals surface area (Å²) >= 11 is 6.15. The first-order valence-corrected chi connectivity index (χ1v) is 11.7. The average Bonchev–Trinajstić information content (AvgIpc) is 2.82. The minimum absolute atomic E-state index is 0.132. The molecule has 0 saturated carbocycles. The lowest BCUT2D eigenvalue weighted by Crippen LogP contribution is -2.36. The number of fused-ring (bicyclic) bond motifs is 1. The topological polar surface area (TPSA) is 62.2 Å². The third-order valence-corrected chi connectivity index (χ3v) is 6.00. The minimum Gasteiger partial charge on any atom is -0.507 e. The first-order chi connectivity index (χ1) is 16.4. The van der Waals surface area contributed by atoms with Crippen LogP contribution >= 0.6 is 11.6 Å². The largest absolute Gasteiger partial charge is 0.507 e. The molecule has 1 N–H and O–H groups in total. The second-order valence-corrected chi connectivity index (χ2v) is 9.07. The van der Waals surface area contributed by atoms with Crippen molar-refractivity contribution in [3.8, 4) is 17.2 Å². The van der Waals surface area contributed by atoms with Crippen LogP contribution in [0.25, 0.3) is 0 Å². The van der Waals surface area contributed by atoms with Gasteiger partial charge in [0.25, 0.3) is 5.91 Å². The highest BCUT2D eigenvalue weighted by Gasteiger charge is 2.27. The molecule has 6 nitrogen and oxygen atoms in total. The number of likely N-dealkylation sites (N-methyl/N-ethyl adjacent to an activating group) is 1. The molecule has 0 aromatic heterocycles. The molecule has 7 heteroatoms. The number of ether oxygens (including phenoxy) is 2. The van der Waals surface area contributed by atoms with Gasteiger partial charge in [0, 0.05) is 24.7 Å². The minimum atomic E-state index is -0.283. The van der Waals surface area contributed by atoms with Gasteiger partial charge in [-0.2, -0.15) is 0 Å². The van der Waals surface area contributed by atoms with E-state index in [2.05, 4.69) is 11.0 Å². The predicted octanol–water partition coefficient (Wildman–Crippen LogP) is 4.76. The Morgan fingerprint density at radius 1 is 1.06 bits per heavy atom. The molecule has 178 valence electrons. The quantitative estimate of drug-likeness (QED) is 0.503. The number of benzene rings is 3. The summed E-state index contributed by atoms with van der Waals surface area (Å²) in [5.41, 5.74) is 3.33. The van der Waals surface area contributed by atoms with Crippen LogP contribution in [0, 0.1) is 0 Å². The Hall–Kier alpha value is -3.22. The third kappa shape index (κ3) is 5.82. The molecule has 0 spiro atoms. The molecule has 3 aromatic rings. The van der Waals surface area contributed by atoms with Crippen molar-refractivity contribution in [2.45, 2.75) is 19.6 Å². The normalized spacial score (nSPS) is 13.0. The Balaban J connectivity index is 1.49. The van der Waals surface area contributed by atoms with Gasteiger partial charge in [-0.25, -0.2) is 0 Å². The van der Waals surface area contributed by atoms with E-state index in [0.29, 0.717) is 31.1 Å². The zero-order chi connectivity index (χ0) is 24.1. The van der Waals surface area contributed by atoms with Gasteiger partial charge in [-0.05, 0) is 61.5 Å². The van der Waals surface area contributed by atoms with Crippen LogP contribution in [0.4, 0.5) is 0 Å². The maximum absolute atomic E-state index is 13.5. The van der Waals surface area contributed by atoms with Crippen LogP contribution in [0.2, 0.25) is 5.02 Å². The van der Waals surface area contributed by atoms with Crippen LogP contribution in [-0.4, -0.2) is 54.6 Å². The number of hydrogen-bond acceptors (Lipinski definition) is 5. The fourth-order valence-electron chi connectivity index (χ4n) is 3.93. The van der Waals surface area contributed by atoms with E-state index in [4.69, 9.17) is 21.1 Å². The highest BCUT2D eigenvalue weighted by molar-refractivity contribution is 6.31. The molecule has 1 amide bonds. The van der Waals surface area contributed by atoms with Crippen molar-refractivity contribution in [1.29, 1.82) is 0 Å². The number of nitrogens with zero attached hydrogens (tertiary/aromatic N) is 2. The van der Waals surface area contributed by atoms with Crippen LogP contribution in [0.3, 0.4) is 0 Å². The molecular weight excluding hydrogens is 452 g/mol. The van der Waals surface area contributed by atoms with Crippen molar-refractivity contribution in [2.24, 2.45) is 0 Å². The van der Waals surface area contributed by atoms with Crippen LogP contribution in [0.5, 0.6) is 17.2 Å². The Morgan fingerprint density at radius 2 is 1.85 bits per heavy atom. The zero-order valence-corrected chi connectivity index (χ0v) is 20.2. The summed E-state index contributed by atoms with van der Waals surface area (Å²) in [6.45, 7) is 2.72. The number of carbonyl (C=O) groups excluding carboxylic acids is 1. The van der Waals surface area contributed by atoms with E-state index in [1.54, 1.807) is 11.0 Å². The Labute approximate surface area is 205 Å². The van der Waals surface area contributed by atoms with Crippen LogP contribution in [0.15, 0.2) is 60.7 Å². The van der Waals surface area contributed by atoms with Crippen molar-refractivity contribution < 1.29 is 19.4 Å². The Morgan fingerprint density at radius 3 is 2.62 bits per heavy atom. The molecule has 0 atom stereocenters. The van der Waals surface area contributed by atoms with E-state index in [0.717, 1.165) is 23.4 Å². The molecule has 0 fully saturated rings. The molecule has 4 rings (SSSR count). The Kier molecular flexibility index (Phi) is 7.60. The molecule has 1 heterocycles. The first-order valence-electron chi connectivity index (χ1n) is 11.3. The molecule has 0 saturated heterocycles. The van der Waals surface area contributed by atoms with E-state index in [1.165, 1.54) is 11.6 Å². The van der Waals surface area contributed by atoms with E-state index >= 15 is 0 Å². The lowest BCUT2D eigenvalue weighted by molar-refractivity contribution is 0.0726. The van der Waals surface area contributed by atoms with Gasteiger partial charge in [-0.15, -0.1) is 0 Å². The highest BCUT2D eigenvalue weighted by atomic mass is 35.5. The lowest BCUT2D eigenvalue weighted by atomic mass is 9.98. The molecule has 0 bridgehead atoms. The number of carbonyl (C=O) groups is 1. The predicted molar refractivity (Wildman–Crippen MR) is 133 cm³/mol. The lowest BCUT2D eigenvalue weighted by Gasteiger charge is -2.30. The van der Waals surface area contributed by atoms with Gasteiger partial charge in [0.15, 0.2) is 0 Å². The second-order valence-electron chi connectivity index (χ2n) is 8.63. The molecule has 3 aromatic carbocycles. The monoisotopic (exact) mass is 480 g/mol. The van der Waals surface area contributed by atoms with E-state index in [-0.39, 0.29) is 29.6 Å². The molecule has 1 aliphatic rings. The molecular formula is C27H29ClN2O4. The number of phenolic OH excluding ortho intramolecular Hbond substituents is 1. The molecule has 0 unspecified atom stereocenters. The van der Waals surface area contributed by atoms with E-state index < -0.39 is 0 Å². The van der Waals surface area contributed by atoms with Gasteiger partial charge in [-0.3, -0.25) is 4.79 Å². The second kappa shape index (κ2) is 10.8. The smallest absolute Gasteiger partial charge is 0.261 e. The van der Waals surface area contributed by atoms with E-state index in [1.807, 2.05) is 56.6 Å². The summed E-state index contributed by atoms with van der Waals surface area (Å²) in [5, 5.41) is 10.9. The maximum atomic E-state index is 13.5. The van der Waals surface area contributed by atoms with Crippen molar-refractivity contribution >= 4 is 17.5 Å². The van der Waals surface area contributed by atoms with Crippen molar-refractivity contribution in [3.63, 3.8) is 0 Å². The zero-order valence-electron chi connectivity index (χ0n) is 19.5. The first kappa shape index (κ1) is 23.9. The maximum Gasteiger partial charge on any atom is 0.261 e. The fraction of sp³-hybridized carbons (Fsp3) is 0.296. The third-order valence-electron chi connectivity index (χ3n) is 5.78. The number of hydrogen-bond donors (Lipinski definition) is 1. The van der Waals surface area contributed by atoms with Gasteiger partial charge < -0.3 is 24.4 Å². The van der Waals surface area contributed by atoms with Crippen LogP contribution < -0.4 is 9.47 Å². The SMILES string of the molecule is CN(C)CCOc1ccc2c(c1)CCN(C(=O)c1c(O)cc(Cl)cc1OCc1ccccc1)C2. The van der Waals surface area contributed by atoms with Gasteiger partial charge in [-0.1, -0.05) is 48.0 Å². The summed E-state index contributed by atoms with van der Waals surface area (Å²) in [7, 11) is 4.02. The standard InChI is InChI=1S/C27H29ClN2O4/c1-29(2)12-13-33-23-9-8-21-17-30(11-10-20(21)14-23)27(32)26-24(31)15-22(28)16-25(26)34-18-19-6-4-3-5-7-19/h3-9,14-16,31H,10-13,17-18H2,1-2H3. The summed E-state index contributed by atoms with van der Waals surface area (Å²) < 4.78 is 11.8. The van der Waals surface area contributed by atoms with Crippen LogP contribution in [0.1, 0.15) is 27.0 Å². The Bertz CT molecular complexity index is 1150. The number of amides is 1. The van der Waals surface area contributed by atoms with Crippen molar-refractivity contribution in [3.05, 3.63) is 87.9 Å². The van der Waals surface area contributed by atoms with Crippen molar-refractivity contribution in [1.82, 2.24) is 9.80 Å². The summed E-state index contributed by atoms with van der Waals surface area (Å²) in [6.07, 6.45) is 0.709. The van der Waals surface area contributed by atoms with Crippen molar-refractivity contribution in [2.75, 3.05) is 33.8 Å². The number of aromatic hydroxyl groups is 1. The average molecular weight is 481 g/mol. The molecule has 0 aliphatic carbocycles. The van der Waals surface area contributed by atoms with Gasteiger partial charge in [0.2, 0.25) is 0 Å². The summed E-state index contributed by atoms with van der Waals surface area (Å²) in [5.74, 6) is 0.645. The molecule has 0 radical (unpaired) electrons. The van der Waals surface area contributed by atoms with E-state index in [9.17, 15) is 9.90 Å². The summed E-state index contributed by atoms with van der Waals surface area (Å²) in [6, 6.07) is 18.6. The van der Waals surface area contributed by atoms with Crippen LogP contribution in [-0.2, 0) is 19.6 Å². The van der Waals surface area contributed by atoms with Gasteiger partial charge >= 0.3 is 0 Å².